The van der Waals surface area contributed by atoms with Crippen molar-refractivity contribution in [2.75, 3.05) is 5.32 Å². The van der Waals surface area contributed by atoms with Crippen LogP contribution in [0.2, 0.25) is 0 Å². The number of rotatable bonds is 4. The smallest absolute Gasteiger partial charge is 0.364 e. The Balaban J connectivity index is 2.12. The van der Waals surface area contributed by atoms with Crippen molar-refractivity contribution >= 4 is 17.6 Å². The predicted octanol–water partition coefficient (Wildman–Crippen LogP) is 2.85. The van der Waals surface area contributed by atoms with E-state index in [2.05, 4.69) is 10.3 Å². The molecule has 1 heterocycles. The number of hydrogen-bond acceptors (Lipinski definition) is 3. The van der Waals surface area contributed by atoms with Crippen LogP contribution in [0.25, 0.3) is 0 Å². The van der Waals surface area contributed by atoms with E-state index in [1.807, 2.05) is 0 Å². The number of nitrogens with zero attached hydrogens (tertiary/aromatic N) is 1. The van der Waals surface area contributed by atoms with Gasteiger partial charge in [-0.1, -0.05) is 18.2 Å². The number of primary amides is 1. The maximum absolute atomic E-state index is 14.1. The number of nitrogens with two attached hydrogens (primary N) is 1. The SMILES string of the molecule is NC(=O)c1cccc(NC(=O)[C@@H](F)c2ccc(C(F)(F)F)cc2)n1. The topological polar surface area (TPSA) is 85.1 Å². The van der Waals surface area contributed by atoms with E-state index < -0.39 is 29.7 Å². The predicted molar refractivity (Wildman–Crippen MR) is 76.7 cm³/mol. The van der Waals surface area contributed by atoms with Gasteiger partial charge in [-0.25, -0.2) is 9.37 Å². The van der Waals surface area contributed by atoms with Crippen molar-refractivity contribution in [2.45, 2.75) is 12.3 Å². The Kier molecular flexibility index (Phi) is 4.82. The molecule has 0 saturated heterocycles. The summed E-state index contributed by atoms with van der Waals surface area (Å²) in [5.41, 5.74) is 3.71. The lowest BCUT2D eigenvalue weighted by atomic mass is 10.1. The summed E-state index contributed by atoms with van der Waals surface area (Å²) in [6.45, 7) is 0. The molecule has 3 N–H and O–H groups in total. The standard InChI is InChI=1S/C15H11F4N3O2/c16-12(8-4-6-9(7-5-8)15(17,18)19)14(24)22-11-3-1-2-10(21-11)13(20)23/h1-7,12H,(H2,20,23)(H,21,22,24)/t12-/m0/s1. The minimum atomic E-state index is -4.55. The molecule has 0 unspecified atom stereocenters. The largest absolute Gasteiger partial charge is 0.416 e. The molecule has 1 aromatic heterocycles. The number of anilines is 1. The molecular weight excluding hydrogens is 330 g/mol. The summed E-state index contributed by atoms with van der Waals surface area (Å²) in [6.07, 6.45) is -6.75. The van der Waals surface area contributed by atoms with E-state index in [4.69, 9.17) is 5.73 Å². The van der Waals surface area contributed by atoms with Gasteiger partial charge in [-0.05, 0) is 29.8 Å². The Morgan fingerprint density at radius 1 is 1.08 bits per heavy atom. The molecule has 0 aliphatic rings. The fourth-order valence-corrected chi connectivity index (χ4v) is 1.82. The Morgan fingerprint density at radius 3 is 2.25 bits per heavy atom. The second-order valence-electron chi connectivity index (χ2n) is 4.74. The number of alkyl halides is 4. The molecule has 2 amide bonds. The Hall–Kier alpha value is -2.97. The number of benzene rings is 1. The van der Waals surface area contributed by atoms with Crippen LogP contribution < -0.4 is 11.1 Å². The number of pyridine rings is 1. The van der Waals surface area contributed by atoms with Crippen LogP contribution in [0.5, 0.6) is 0 Å². The molecule has 1 aromatic carbocycles. The van der Waals surface area contributed by atoms with Crippen LogP contribution in [-0.4, -0.2) is 16.8 Å². The van der Waals surface area contributed by atoms with Crippen molar-refractivity contribution in [3.05, 3.63) is 59.3 Å². The summed E-state index contributed by atoms with van der Waals surface area (Å²) in [4.78, 5) is 26.5. The first-order chi connectivity index (χ1) is 11.2. The van der Waals surface area contributed by atoms with E-state index in [1.165, 1.54) is 18.2 Å². The second kappa shape index (κ2) is 6.65. The van der Waals surface area contributed by atoms with E-state index >= 15 is 0 Å². The molecule has 0 radical (unpaired) electrons. The zero-order chi connectivity index (χ0) is 17.9. The monoisotopic (exact) mass is 341 g/mol. The van der Waals surface area contributed by atoms with Crippen molar-refractivity contribution in [2.24, 2.45) is 5.73 Å². The van der Waals surface area contributed by atoms with Crippen LogP contribution in [0.1, 0.15) is 27.8 Å². The van der Waals surface area contributed by atoms with Crippen LogP contribution in [0.3, 0.4) is 0 Å². The molecule has 0 fully saturated rings. The Bertz CT molecular complexity index is 760. The third-order valence-corrected chi connectivity index (χ3v) is 3.01. The van der Waals surface area contributed by atoms with Gasteiger partial charge < -0.3 is 11.1 Å². The Labute approximate surface area is 133 Å². The highest BCUT2D eigenvalue weighted by Gasteiger charge is 2.30. The number of hydrogen-bond donors (Lipinski definition) is 2. The van der Waals surface area contributed by atoms with Crippen LogP contribution >= 0.6 is 0 Å². The molecule has 24 heavy (non-hydrogen) atoms. The van der Waals surface area contributed by atoms with Crippen LogP contribution in [-0.2, 0) is 11.0 Å². The van der Waals surface area contributed by atoms with Gasteiger partial charge in [0.2, 0.25) is 6.17 Å². The van der Waals surface area contributed by atoms with E-state index in [9.17, 15) is 27.2 Å². The second-order valence-corrected chi connectivity index (χ2v) is 4.74. The minimum Gasteiger partial charge on any atom is -0.364 e. The maximum Gasteiger partial charge on any atom is 0.416 e. The first-order valence-corrected chi connectivity index (χ1v) is 6.57. The quantitative estimate of drug-likeness (QED) is 0.839. The molecule has 0 saturated carbocycles. The molecule has 9 heteroatoms. The highest BCUT2D eigenvalue weighted by atomic mass is 19.4. The van der Waals surface area contributed by atoms with Crippen molar-refractivity contribution in [3.8, 4) is 0 Å². The lowest BCUT2D eigenvalue weighted by Gasteiger charge is -2.11. The molecule has 1 atom stereocenters. The van der Waals surface area contributed by atoms with Crippen LogP contribution in [0.4, 0.5) is 23.4 Å². The highest BCUT2D eigenvalue weighted by Crippen LogP contribution is 2.30. The molecule has 126 valence electrons. The summed E-state index contributed by atoms with van der Waals surface area (Å²) in [5.74, 6) is -2.07. The fourth-order valence-electron chi connectivity index (χ4n) is 1.82. The third-order valence-electron chi connectivity index (χ3n) is 3.01. The van der Waals surface area contributed by atoms with Gasteiger partial charge in [-0.2, -0.15) is 13.2 Å². The average Bonchev–Trinajstić information content (AvgIpc) is 2.53. The van der Waals surface area contributed by atoms with Gasteiger partial charge in [-0.3, -0.25) is 9.59 Å². The molecule has 0 spiro atoms. The van der Waals surface area contributed by atoms with E-state index in [0.717, 1.165) is 12.1 Å². The number of nitrogens with one attached hydrogen (secondary N) is 1. The Morgan fingerprint density at radius 2 is 1.71 bits per heavy atom. The van der Waals surface area contributed by atoms with Crippen molar-refractivity contribution < 1.29 is 27.2 Å². The summed E-state index contributed by atoms with van der Waals surface area (Å²) in [7, 11) is 0. The summed E-state index contributed by atoms with van der Waals surface area (Å²) in [5, 5.41) is 2.13. The normalized spacial score (nSPS) is 12.5. The lowest BCUT2D eigenvalue weighted by molar-refractivity contribution is -0.137. The minimum absolute atomic E-state index is 0.106. The average molecular weight is 341 g/mol. The van der Waals surface area contributed by atoms with Crippen molar-refractivity contribution in [1.82, 2.24) is 4.98 Å². The maximum atomic E-state index is 14.1. The van der Waals surface area contributed by atoms with E-state index in [-0.39, 0.29) is 17.1 Å². The molecule has 2 rings (SSSR count). The first-order valence-electron chi connectivity index (χ1n) is 6.57. The van der Waals surface area contributed by atoms with Crippen molar-refractivity contribution in [1.29, 1.82) is 0 Å². The first kappa shape index (κ1) is 17.4. The number of amides is 2. The van der Waals surface area contributed by atoms with Gasteiger partial charge in [0.1, 0.15) is 11.5 Å². The molecular formula is C15H11F4N3O2. The summed E-state index contributed by atoms with van der Waals surface area (Å²) < 4.78 is 51.4. The molecule has 0 aliphatic carbocycles. The van der Waals surface area contributed by atoms with Crippen molar-refractivity contribution in [3.63, 3.8) is 0 Å². The van der Waals surface area contributed by atoms with Crippen LogP contribution in [0, 0.1) is 0 Å². The van der Waals surface area contributed by atoms with Gasteiger partial charge in [0.05, 0.1) is 5.56 Å². The number of carbonyl (C=O) groups excluding carboxylic acids is 2. The zero-order valence-corrected chi connectivity index (χ0v) is 12.0. The number of carbonyl (C=O) groups is 2. The molecule has 2 aromatic rings. The van der Waals surface area contributed by atoms with Gasteiger partial charge in [-0.15, -0.1) is 0 Å². The van der Waals surface area contributed by atoms with Gasteiger partial charge in [0.15, 0.2) is 0 Å². The number of aromatic nitrogens is 1. The van der Waals surface area contributed by atoms with E-state index in [0.29, 0.717) is 12.1 Å². The third kappa shape index (κ3) is 4.06. The lowest BCUT2D eigenvalue weighted by Crippen LogP contribution is -2.20. The molecule has 5 nitrogen and oxygen atoms in total. The van der Waals surface area contributed by atoms with Crippen LogP contribution in [0.15, 0.2) is 42.5 Å². The molecule has 0 aliphatic heterocycles. The van der Waals surface area contributed by atoms with Gasteiger partial charge in [0.25, 0.3) is 11.8 Å². The molecule has 0 bridgehead atoms. The number of halogens is 4. The zero-order valence-electron chi connectivity index (χ0n) is 12.0. The van der Waals surface area contributed by atoms with Gasteiger partial charge >= 0.3 is 6.18 Å². The summed E-state index contributed by atoms with van der Waals surface area (Å²) in [6, 6.07) is 7.11. The fraction of sp³-hybridized carbons (Fsp3) is 0.133. The van der Waals surface area contributed by atoms with E-state index in [1.54, 1.807) is 0 Å². The summed E-state index contributed by atoms with van der Waals surface area (Å²) >= 11 is 0. The highest BCUT2D eigenvalue weighted by molar-refractivity contribution is 5.95. The van der Waals surface area contributed by atoms with Gasteiger partial charge in [0, 0.05) is 0 Å².